The van der Waals surface area contributed by atoms with Gasteiger partial charge in [-0.3, -0.25) is 14.7 Å². The highest BCUT2D eigenvalue weighted by atomic mass is 16.5. The number of ether oxygens (including phenoxy) is 1. The molecule has 1 aliphatic carbocycles. The maximum Gasteiger partial charge on any atom is 0.223 e. The van der Waals surface area contributed by atoms with Crippen LogP contribution in [0.4, 0.5) is 0 Å². The molecule has 2 heterocycles. The van der Waals surface area contributed by atoms with Gasteiger partial charge in [0.25, 0.3) is 0 Å². The molecule has 176 valence electrons. The maximum atomic E-state index is 12.4. The Balaban J connectivity index is 1.30. The zero-order valence-electron chi connectivity index (χ0n) is 19.5. The molecule has 2 aliphatic heterocycles. The van der Waals surface area contributed by atoms with Gasteiger partial charge in [0, 0.05) is 45.2 Å². The Morgan fingerprint density at radius 3 is 2.72 bits per heavy atom. The van der Waals surface area contributed by atoms with E-state index in [0.29, 0.717) is 19.1 Å². The molecule has 1 aromatic carbocycles. The molecule has 3 fully saturated rings. The van der Waals surface area contributed by atoms with Crippen molar-refractivity contribution in [3.8, 4) is 0 Å². The predicted octanol–water partition coefficient (Wildman–Crippen LogP) is 2.23. The van der Waals surface area contributed by atoms with Gasteiger partial charge in [0.2, 0.25) is 5.91 Å². The third-order valence-electron chi connectivity index (χ3n) is 6.93. The fraction of sp³-hybridized carbons (Fsp3) is 0.680. The summed E-state index contributed by atoms with van der Waals surface area (Å²) in [5.74, 6) is 1.34. The van der Waals surface area contributed by atoms with Crippen LogP contribution in [-0.2, 0) is 16.1 Å². The molecule has 7 heteroatoms. The zero-order valence-corrected chi connectivity index (χ0v) is 19.5. The number of hydrogen-bond acceptors (Lipinski definition) is 4. The summed E-state index contributed by atoms with van der Waals surface area (Å²) in [6.07, 6.45) is 5.91. The van der Waals surface area contributed by atoms with E-state index < -0.39 is 0 Å². The van der Waals surface area contributed by atoms with Gasteiger partial charge < -0.3 is 20.3 Å². The van der Waals surface area contributed by atoms with Crippen molar-refractivity contribution < 1.29 is 9.53 Å². The van der Waals surface area contributed by atoms with Gasteiger partial charge in [0.05, 0.1) is 25.3 Å². The lowest BCUT2D eigenvalue weighted by Gasteiger charge is -2.36. The summed E-state index contributed by atoms with van der Waals surface area (Å²) in [6.45, 7) is 8.60. The lowest BCUT2D eigenvalue weighted by molar-refractivity contribution is -0.125. The smallest absolute Gasteiger partial charge is 0.223 e. The fourth-order valence-electron chi connectivity index (χ4n) is 5.22. The number of carbonyl (C=O) groups excluding carboxylic acids is 1. The quantitative estimate of drug-likeness (QED) is 0.386. The van der Waals surface area contributed by atoms with E-state index in [0.717, 1.165) is 58.1 Å². The second-order valence-corrected chi connectivity index (χ2v) is 9.20. The van der Waals surface area contributed by atoms with E-state index in [1.54, 1.807) is 0 Å². The van der Waals surface area contributed by atoms with Crippen LogP contribution in [0.2, 0.25) is 0 Å². The number of amides is 1. The van der Waals surface area contributed by atoms with Gasteiger partial charge in [-0.2, -0.15) is 0 Å². The molecule has 2 N–H and O–H groups in total. The number of carbonyl (C=O) groups is 1. The molecule has 4 rings (SSSR count). The van der Waals surface area contributed by atoms with Gasteiger partial charge in [-0.05, 0) is 25.3 Å². The van der Waals surface area contributed by atoms with Gasteiger partial charge in [0.1, 0.15) is 0 Å². The summed E-state index contributed by atoms with van der Waals surface area (Å²) < 4.78 is 6.13. The second-order valence-electron chi connectivity index (χ2n) is 9.20. The number of hydrogen-bond donors (Lipinski definition) is 2. The molecule has 3 aliphatic rings. The van der Waals surface area contributed by atoms with Crippen LogP contribution < -0.4 is 10.6 Å². The largest absolute Gasteiger partial charge is 0.373 e. The highest BCUT2D eigenvalue weighted by Crippen LogP contribution is 2.25. The first kappa shape index (κ1) is 23.1. The first-order chi connectivity index (χ1) is 15.7. The van der Waals surface area contributed by atoms with Crippen LogP contribution in [0.3, 0.4) is 0 Å². The van der Waals surface area contributed by atoms with Crippen LogP contribution in [0.25, 0.3) is 0 Å². The topological polar surface area (TPSA) is 69.2 Å². The van der Waals surface area contributed by atoms with Crippen LogP contribution >= 0.6 is 0 Å². The first-order valence-corrected chi connectivity index (χ1v) is 12.4. The summed E-state index contributed by atoms with van der Waals surface area (Å²) in [7, 11) is 0. The van der Waals surface area contributed by atoms with Crippen molar-refractivity contribution in [2.45, 2.75) is 57.7 Å². The summed E-state index contributed by atoms with van der Waals surface area (Å²) in [4.78, 5) is 22.1. The molecule has 2 atom stereocenters. The standard InChI is InChI=1S/C25H39N5O2/c1-2-26-25(28-14-13-27-24(31)21-11-7-4-8-12-21)30-18-22-23(19-30)32-16-15-29(22)17-20-9-5-3-6-10-20/h3,5-6,9-10,21-23H,2,4,7-8,11-19H2,1H3,(H,26,28)(H,27,31). The zero-order chi connectivity index (χ0) is 22.2. The monoisotopic (exact) mass is 441 g/mol. The molecule has 1 aromatic rings. The first-order valence-electron chi connectivity index (χ1n) is 12.4. The molecule has 32 heavy (non-hydrogen) atoms. The van der Waals surface area contributed by atoms with Crippen molar-refractivity contribution in [2.24, 2.45) is 10.9 Å². The lowest BCUT2D eigenvalue weighted by Crippen LogP contribution is -2.50. The van der Waals surface area contributed by atoms with E-state index in [1.165, 1.54) is 24.8 Å². The molecule has 2 unspecified atom stereocenters. The number of morpholine rings is 1. The van der Waals surface area contributed by atoms with E-state index in [4.69, 9.17) is 9.73 Å². The molecule has 0 radical (unpaired) electrons. The van der Waals surface area contributed by atoms with Gasteiger partial charge in [-0.15, -0.1) is 0 Å². The highest BCUT2D eigenvalue weighted by molar-refractivity contribution is 5.81. The number of likely N-dealkylation sites (tertiary alicyclic amines) is 1. The van der Waals surface area contributed by atoms with Crippen LogP contribution in [0.15, 0.2) is 35.3 Å². The third-order valence-corrected chi connectivity index (χ3v) is 6.93. The molecule has 1 saturated carbocycles. The number of aliphatic imine (C=N–C) groups is 1. The van der Waals surface area contributed by atoms with Gasteiger partial charge in [0.15, 0.2) is 5.96 Å². The van der Waals surface area contributed by atoms with Crippen LogP contribution in [0.1, 0.15) is 44.6 Å². The normalized spacial score (nSPS) is 24.9. The third kappa shape index (κ3) is 6.01. The number of fused-ring (bicyclic) bond motifs is 1. The lowest BCUT2D eigenvalue weighted by atomic mass is 9.89. The number of rotatable bonds is 7. The Kier molecular flexibility index (Phi) is 8.40. The predicted molar refractivity (Wildman–Crippen MR) is 128 cm³/mol. The van der Waals surface area contributed by atoms with E-state index in [-0.39, 0.29) is 17.9 Å². The Bertz CT molecular complexity index is 750. The van der Waals surface area contributed by atoms with Crippen molar-refractivity contribution in [3.63, 3.8) is 0 Å². The summed E-state index contributed by atoms with van der Waals surface area (Å²) in [6, 6.07) is 11.1. The summed E-state index contributed by atoms with van der Waals surface area (Å²) in [5, 5.41) is 6.54. The van der Waals surface area contributed by atoms with Crippen molar-refractivity contribution in [3.05, 3.63) is 35.9 Å². The van der Waals surface area contributed by atoms with Crippen molar-refractivity contribution in [1.29, 1.82) is 0 Å². The summed E-state index contributed by atoms with van der Waals surface area (Å²) >= 11 is 0. The molecular formula is C25H39N5O2. The maximum absolute atomic E-state index is 12.4. The van der Waals surface area contributed by atoms with Crippen molar-refractivity contribution in [2.75, 3.05) is 45.9 Å². The second kappa shape index (κ2) is 11.7. The molecule has 0 bridgehead atoms. The fourth-order valence-corrected chi connectivity index (χ4v) is 5.22. The van der Waals surface area contributed by atoms with Gasteiger partial charge in [-0.25, -0.2) is 0 Å². The van der Waals surface area contributed by atoms with Crippen LogP contribution in [0.5, 0.6) is 0 Å². The molecule has 0 spiro atoms. The average Bonchev–Trinajstić information content (AvgIpc) is 3.27. The minimum absolute atomic E-state index is 0.204. The average molecular weight is 442 g/mol. The number of benzene rings is 1. The van der Waals surface area contributed by atoms with Gasteiger partial charge in [-0.1, -0.05) is 49.6 Å². The molecule has 0 aromatic heterocycles. The Morgan fingerprint density at radius 1 is 1.12 bits per heavy atom. The Morgan fingerprint density at radius 2 is 1.94 bits per heavy atom. The molecule has 7 nitrogen and oxygen atoms in total. The Labute approximate surface area is 192 Å². The number of guanidine groups is 1. The van der Waals surface area contributed by atoms with Crippen LogP contribution in [-0.4, -0.2) is 79.7 Å². The minimum atomic E-state index is 0.204. The number of nitrogens with one attached hydrogen (secondary N) is 2. The minimum Gasteiger partial charge on any atom is -0.373 e. The summed E-state index contributed by atoms with van der Waals surface area (Å²) in [5.41, 5.74) is 1.35. The van der Waals surface area contributed by atoms with E-state index in [1.807, 2.05) is 0 Å². The van der Waals surface area contributed by atoms with Crippen molar-refractivity contribution >= 4 is 11.9 Å². The van der Waals surface area contributed by atoms with Crippen molar-refractivity contribution in [1.82, 2.24) is 20.4 Å². The van der Waals surface area contributed by atoms with E-state index in [9.17, 15) is 4.79 Å². The molecule has 1 amide bonds. The van der Waals surface area contributed by atoms with Gasteiger partial charge >= 0.3 is 0 Å². The SMILES string of the molecule is CCNC(=NCCNC(=O)C1CCCCC1)N1CC2OCCN(Cc3ccccc3)C2C1. The van der Waals surface area contributed by atoms with E-state index in [2.05, 4.69) is 57.7 Å². The molecule has 2 saturated heterocycles. The number of nitrogens with zero attached hydrogens (tertiary/aromatic N) is 3. The Hall–Kier alpha value is -2.12. The van der Waals surface area contributed by atoms with E-state index >= 15 is 0 Å². The molecular weight excluding hydrogens is 402 g/mol. The van der Waals surface area contributed by atoms with Crippen LogP contribution in [0, 0.1) is 5.92 Å². The highest BCUT2D eigenvalue weighted by Gasteiger charge is 2.41.